The molecule has 0 amide bonds. The van der Waals surface area contributed by atoms with Gasteiger partial charge in [0, 0.05) is 11.8 Å². The molecule has 0 aliphatic carbocycles. The Balaban J connectivity index is 3.37. The predicted molar refractivity (Wildman–Crippen MR) is 52.7 cm³/mol. The summed E-state index contributed by atoms with van der Waals surface area (Å²) in [6.45, 7) is 2.98. The van der Waals surface area contributed by atoms with Gasteiger partial charge in [0.25, 0.3) is 6.43 Å². The number of aromatic nitrogens is 1. The molecule has 0 saturated heterocycles. The Bertz CT molecular complexity index is 454. The first-order chi connectivity index (χ1) is 7.49. The number of carbonyl (C=O) groups is 1. The fraction of sp³-hybridized carbons (Fsp3) is 0.400. The second-order valence-electron chi connectivity index (χ2n) is 3.11. The van der Waals surface area contributed by atoms with Crippen LogP contribution in [0.2, 0.25) is 0 Å². The number of esters is 1. The number of hydrogen-bond acceptors (Lipinski definition) is 3. The van der Waals surface area contributed by atoms with Crippen molar-refractivity contribution < 1.29 is 18.3 Å². The van der Waals surface area contributed by atoms with Crippen molar-refractivity contribution in [3.8, 4) is 0 Å². The molecule has 0 aromatic carbocycles. The number of aryl methyl sites for hydroxylation is 1. The zero-order valence-corrected chi connectivity index (χ0v) is 8.84. The van der Waals surface area contributed by atoms with E-state index in [2.05, 4.69) is 9.72 Å². The number of rotatable bonds is 3. The summed E-state index contributed by atoms with van der Waals surface area (Å²) >= 11 is 0. The number of halogens is 2. The molecule has 1 rings (SSSR count). The Kier molecular flexibility index (Phi) is 3.76. The molecule has 1 N–H and O–H groups in total. The largest absolute Gasteiger partial charge is 0.462 e. The van der Waals surface area contributed by atoms with Gasteiger partial charge in [-0.1, -0.05) is 0 Å². The fourth-order valence-electron chi connectivity index (χ4n) is 1.22. The van der Waals surface area contributed by atoms with E-state index >= 15 is 0 Å². The molecule has 0 unspecified atom stereocenters. The first-order valence-corrected chi connectivity index (χ1v) is 4.66. The van der Waals surface area contributed by atoms with E-state index in [1.54, 1.807) is 0 Å². The van der Waals surface area contributed by atoms with Crippen molar-refractivity contribution in [2.75, 3.05) is 6.61 Å². The van der Waals surface area contributed by atoms with Crippen molar-refractivity contribution in [2.24, 2.45) is 0 Å². The lowest BCUT2D eigenvalue weighted by atomic mass is 10.1. The molecular weight excluding hydrogens is 220 g/mol. The van der Waals surface area contributed by atoms with Gasteiger partial charge in [-0.05, 0) is 13.8 Å². The van der Waals surface area contributed by atoms with Crippen molar-refractivity contribution in [2.45, 2.75) is 20.3 Å². The molecule has 0 aliphatic rings. The van der Waals surface area contributed by atoms with Crippen LogP contribution in [-0.2, 0) is 4.74 Å². The van der Waals surface area contributed by atoms with Crippen LogP contribution in [-0.4, -0.2) is 17.6 Å². The van der Waals surface area contributed by atoms with E-state index in [1.165, 1.54) is 13.8 Å². The quantitative estimate of drug-likeness (QED) is 0.807. The number of alkyl halides is 2. The summed E-state index contributed by atoms with van der Waals surface area (Å²) in [6.07, 6.45) is -1.78. The van der Waals surface area contributed by atoms with Crippen molar-refractivity contribution >= 4 is 5.97 Å². The van der Waals surface area contributed by atoms with Crippen molar-refractivity contribution in [3.05, 3.63) is 33.2 Å². The number of carbonyl (C=O) groups excluding carboxylic acids is 1. The number of nitrogens with one attached hydrogen (secondary N) is 1. The van der Waals surface area contributed by atoms with E-state index in [0.29, 0.717) is 0 Å². The van der Waals surface area contributed by atoms with Gasteiger partial charge in [0.05, 0.1) is 6.61 Å². The van der Waals surface area contributed by atoms with Crippen LogP contribution in [0.15, 0.2) is 11.0 Å². The smallest absolute Gasteiger partial charge is 0.344 e. The fourth-order valence-corrected chi connectivity index (χ4v) is 1.22. The second kappa shape index (κ2) is 4.87. The zero-order chi connectivity index (χ0) is 12.3. The summed E-state index contributed by atoms with van der Waals surface area (Å²) < 4.78 is 29.7. The first-order valence-electron chi connectivity index (χ1n) is 4.66. The highest BCUT2D eigenvalue weighted by Gasteiger charge is 2.24. The maximum Gasteiger partial charge on any atom is 0.344 e. The molecule has 1 aromatic rings. The van der Waals surface area contributed by atoms with E-state index in [9.17, 15) is 18.4 Å². The van der Waals surface area contributed by atoms with Gasteiger partial charge in [-0.2, -0.15) is 0 Å². The minimum absolute atomic E-state index is 0.0227. The Hall–Kier alpha value is -1.72. The molecule has 1 heterocycles. The summed E-state index contributed by atoms with van der Waals surface area (Å²) in [5.74, 6) is -1.03. The molecule has 0 bridgehead atoms. The van der Waals surface area contributed by atoms with Crippen LogP contribution < -0.4 is 5.43 Å². The maximum atomic E-state index is 12.6. The van der Waals surface area contributed by atoms with Crippen LogP contribution in [0.1, 0.15) is 35.0 Å². The van der Waals surface area contributed by atoms with E-state index < -0.39 is 29.1 Å². The molecule has 16 heavy (non-hydrogen) atoms. The van der Waals surface area contributed by atoms with Crippen LogP contribution in [0.25, 0.3) is 0 Å². The first kappa shape index (κ1) is 12.4. The average Bonchev–Trinajstić information content (AvgIpc) is 2.21. The summed E-state index contributed by atoms with van der Waals surface area (Å²) in [5.41, 5.74) is -1.86. The Morgan fingerprint density at radius 1 is 1.56 bits per heavy atom. The molecule has 0 radical (unpaired) electrons. The standard InChI is InChI=1S/C10H11F2NO3/c1-3-16-10(15)6-7(9(11)12)13-4-5(2)8(6)14/h4,9H,3H2,1-2H3,(H,13,14). The Morgan fingerprint density at radius 2 is 2.19 bits per heavy atom. The SMILES string of the molecule is CCOC(=O)c1c(C(F)F)[nH]cc(C)c1=O. The van der Waals surface area contributed by atoms with Gasteiger partial charge >= 0.3 is 5.97 Å². The minimum Gasteiger partial charge on any atom is -0.462 e. The molecule has 6 heteroatoms. The minimum atomic E-state index is -2.92. The highest BCUT2D eigenvalue weighted by Crippen LogP contribution is 2.19. The third kappa shape index (κ3) is 2.26. The molecule has 0 spiro atoms. The van der Waals surface area contributed by atoms with Gasteiger partial charge < -0.3 is 9.72 Å². The summed E-state index contributed by atoms with van der Waals surface area (Å²) in [5, 5.41) is 0. The van der Waals surface area contributed by atoms with Gasteiger partial charge in [-0.3, -0.25) is 4.79 Å². The van der Waals surface area contributed by atoms with Gasteiger partial charge in [-0.25, -0.2) is 13.6 Å². The summed E-state index contributed by atoms with van der Waals surface area (Å²) in [7, 11) is 0. The van der Waals surface area contributed by atoms with E-state index in [0.717, 1.165) is 6.20 Å². The lowest BCUT2D eigenvalue weighted by Crippen LogP contribution is -2.23. The zero-order valence-electron chi connectivity index (χ0n) is 8.84. The van der Waals surface area contributed by atoms with Gasteiger partial charge in [0.2, 0.25) is 0 Å². The Labute approximate surface area is 90.2 Å². The molecule has 0 saturated carbocycles. The number of pyridine rings is 1. The Morgan fingerprint density at radius 3 is 2.69 bits per heavy atom. The van der Waals surface area contributed by atoms with Crippen LogP contribution in [0.4, 0.5) is 8.78 Å². The highest BCUT2D eigenvalue weighted by atomic mass is 19.3. The topological polar surface area (TPSA) is 59.2 Å². The van der Waals surface area contributed by atoms with Crippen LogP contribution in [0.5, 0.6) is 0 Å². The predicted octanol–water partition coefficient (Wildman–Crippen LogP) is 1.80. The van der Waals surface area contributed by atoms with Gasteiger partial charge in [0.15, 0.2) is 5.43 Å². The lowest BCUT2D eigenvalue weighted by Gasteiger charge is -2.08. The molecular formula is C10H11F2NO3. The van der Waals surface area contributed by atoms with Gasteiger partial charge in [0.1, 0.15) is 11.3 Å². The van der Waals surface area contributed by atoms with E-state index in [4.69, 9.17) is 0 Å². The number of hydrogen-bond donors (Lipinski definition) is 1. The third-order valence-corrected chi connectivity index (χ3v) is 2.00. The van der Waals surface area contributed by atoms with Crippen molar-refractivity contribution in [1.82, 2.24) is 4.98 Å². The third-order valence-electron chi connectivity index (χ3n) is 2.00. The van der Waals surface area contributed by atoms with Gasteiger partial charge in [-0.15, -0.1) is 0 Å². The van der Waals surface area contributed by atoms with Crippen molar-refractivity contribution in [1.29, 1.82) is 0 Å². The molecule has 0 aliphatic heterocycles. The molecule has 0 atom stereocenters. The van der Waals surface area contributed by atoms with Crippen LogP contribution >= 0.6 is 0 Å². The summed E-state index contributed by atoms with van der Waals surface area (Å²) in [6, 6.07) is 0. The van der Waals surface area contributed by atoms with E-state index in [1.807, 2.05) is 0 Å². The van der Waals surface area contributed by atoms with Crippen molar-refractivity contribution in [3.63, 3.8) is 0 Å². The molecule has 88 valence electrons. The number of H-pyrrole nitrogens is 1. The van der Waals surface area contributed by atoms with Crippen LogP contribution in [0.3, 0.4) is 0 Å². The number of aromatic amines is 1. The van der Waals surface area contributed by atoms with Crippen LogP contribution in [0, 0.1) is 6.92 Å². The molecule has 0 fully saturated rings. The molecule has 1 aromatic heterocycles. The second-order valence-corrected chi connectivity index (χ2v) is 3.11. The monoisotopic (exact) mass is 231 g/mol. The average molecular weight is 231 g/mol. The normalized spacial score (nSPS) is 10.6. The van der Waals surface area contributed by atoms with E-state index in [-0.39, 0.29) is 12.2 Å². The molecule has 4 nitrogen and oxygen atoms in total. The maximum absolute atomic E-state index is 12.6. The lowest BCUT2D eigenvalue weighted by molar-refractivity contribution is 0.0511. The summed E-state index contributed by atoms with van der Waals surface area (Å²) in [4.78, 5) is 25.2. The highest BCUT2D eigenvalue weighted by molar-refractivity contribution is 5.90. The number of ether oxygens (including phenoxy) is 1.